The Morgan fingerprint density at radius 2 is 1.56 bits per heavy atom. The molecule has 110 valence electrons. The van der Waals surface area contributed by atoms with Crippen molar-refractivity contribution in [2.75, 3.05) is 0 Å². The van der Waals surface area contributed by atoms with Crippen molar-refractivity contribution in [3.63, 3.8) is 0 Å². The Labute approximate surface area is 120 Å². The van der Waals surface area contributed by atoms with E-state index in [1.807, 2.05) is 0 Å². The third kappa shape index (κ3) is 15.5. The number of aliphatic hydroxyl groups is 2. The van der Waals surface area contributed by atoms with Crippen LogP contribution in [0, 0.1) is 10.1 Å². The van der Waals surface area contributed by atoms with E-state index in [1.54, 1.807) is 12.1 Å². The molecule has 1 aromatic carbocycles. The molecule has 0 aliphatic rings. The Balaban J connectivity index is -0.000000106. The largest absolute Gasteiger partial charge is 0.693 e. The summed E-state index contributed by atoms with van der Waals surface area (Å²) < 4.78 is 0. The number of hydrogen-bond acceptors (Lipinski definition) is 6. The predicted molar refractivity (Wildman–Crippen MR) is 66.7 cm³/mol. The molecule has 0 heterocycles. The molecule has 7 N–H and O–H groups in total. The van der Waals surface area contributed by atoms with Crippen LogP contribution in [0.3, 0.4) is 0 Å². The van der Waals surface area contributed by atoms with Crippen LogP contribution < -0.4 is 0 Å². The second-order valence-electron chi connectivity index (χ2n) is 2.05. The number of halogens is 2. The zero-order valence-corrected chi connectivity index (χ0v) is 12.5. The number of benzene rings is 1. The predicted octanol–water partition coefficient (Wildman–Crippen LogP) is 3.44. The van der Waals surface area contributed by atoms with E-state index in [1.165, 1.54) is 12.1 Å². The van der Waals surface area contributed by atoms with Crippen molar-refractivity contribution in [1.29, 1.82) is 0 Å². The van der Waals surface area contributed by atoms with Gasteiger partial charge in [-0.25, -0.2) is 0 Å². The summed E-state index contributed by atoms with van der Waals surface area (Å²) >= 11 is -0.472. The number of rotatable bonds is 1. The summed E-state index contributed by atoms with van der Waals surface area (Å²) in [7, 11) is 9.75. The minimum atomic E-state index is -1.60. The van der Waals surface area contributed by atoms with Crippen molar-refractivity contribution in [3.05, 3.63) is 52.2 Å². The van der Waals surface area contributed by atoms with Crippen LogP contribution in [-0.2, 0) is 16.5 Å². The molecule has 1 aromatic rings. The molecule has 8 nitrogen and oxygen atoms in total. The maximum absolute atomic E-state index is 8.96. The molecule has 0 spiro atoms. The van der Waals surface area contributed by atoms with Crippen LogP contribution in [-0.4, -0.2) is 15.3 Å². The van der Waals surface area contributed by atoms with Crippen LogP contribution in [0.1, 0.15) is 11.9 Å². The number of hydrogen-bond donors (Lipinski definition) is 3. The van der Waals surface area contributed by atoms with Crippen molar-refractivity contribution in [2.45, 2.75) is 6.29 Å². The molecule has 0 unspecified atom stereocenters. The monoisotopic (exact) mass is 483 g/mol. The molecule has 0 aliphatic carbocycles. The number of nitrogens with two attached hydrogens (primary N) is 2. The first-order valence-electron chi connectivity index (χ1n) is 3.46. The number of nitrogens with zero attached hydrogens (tertiary/aromatic N) is 1. The van der Waals surface area contributed by atoms with Gasteiger partial charge in [-0.2, -0.15) is 0 Å². The van der Waals surface area contributed by atoms with Gasteiger partial charge in [0.1, 0.15) is 5.75 Å². The summed E-state index contributed by atoms with van der Waals surface area (Å²) in [6.45, 7) is 0. The zero-order chi connectivity index (χ0) is 13.0. The van der Waals surface area contributed by atoms with Crippen molar-refractivity contribution >= 4 is 18.8 Å². The molecule has 18 heavy (non-hydrogen) atoms. The van der Waals surface area contributed by atoms with Crippen LogP contribution >= 0.6 is 18.8 Å². The van der Waals surface area contributed by atoms with Gasteiger partial charge in [0.25, 0.3) is 0 Å². The van der Waals surface area contributed by atoms with Gasteiger partial charge in [0, 0.05) is 5.56 Å². The first-order chi connectivity index (χ1) is 7.54. The van der Waals surface area contributed by atoms with E-state index in [2.05, 4.69) is 0 Å². The Hall–Kier alpha value is -0.472. The SMILES string of the molecule is O=N[O-].Oc1ccccc1C(O)O.[Cl][Pt+2][Cl].[NH2-].[NH2-]. The average molecular weight is 484 g/mol. The van der Waals surface area contributed by atoms with Crippen LogP contribution in [0.15, 0.2) is 29.6 Å². The van der Waals surface area contributed by atoms with E-state index in [9.17, 15) is 0 Å². The van der Waals surface area contributed by atoms with Gasteiger partial charge in [-0.15, -0.1) is 5.34 Å². The number of aromatic hydroxyl groups is 1. The van der Waals surface area contributed by atoms with Crippen molar-refractivity contribution in [1.82, 2.24) is 0 Å². The van der Waals surface area contributed by atoms with Crippen molar-refractivity contribution in [2.24, 2.45) is 5.34 Å². The summed E-state index contributed by atoms with van der Waals surface area (Å²) in [4.78, 5) is 8.00. The minimum Gasteiger partial charge on any atom is -0.693 e. The second kappa shape index (κ2) is 18.9. The third-order valence-electron chi connectivity index (χ3n) is 1.21. The van der Waals surface area contributed by atoms with E-state index < -0.39 is 22.8 Å². The topological polar surface area (TPSA) is 180 Å². The third-order valence-corrected chi connectivity index (χ3v) is 1.21. The molecule has 0 saturated carbocycles. The van der Waals surface area contributed by atoms with Crippen LogP contribution in [0.25, 0.3) is 12.3 Å². The maximum atomic E-state index is 8.96. The van der Waals surface area contributed by atoms with E-state index in [0.717, 1.165) is 5.34 Å². The van der Waals surface area contributed by atoms with E-state index in [4.69, 9.17) is 44.3 Å². The molecule has 1 rings (SSSR count). The van der Waals surface area contributed by atoms with E-state index in [-0.39, 0.29) is 23.6 Å². The number of phenolic OH excluding ortho intramolecular Hbond substituents is 1. The Morgan fingerprint density at radius 1 is 1.22 bits per heavy atom. The quantitative estimate of drug-likeness (QED) is 0.313. The number of aliphatic hydroxyl groups excluding tert-OH is 1. The van der Waals surface area contributed by atoms with Gasteiger partial charge in [-0.05, 0) is 6.07 Å². The molecule has 0 fully saturated rings. The Morgan fingerprint density at radius 3 is 1.78 bits per heavy atom. The first kappa shape index (κ1) is 26.2. The molecule has 0 aliphatic heterocycles. The molecular formula is C7H12Cl2N3O5Pt-. The molecular weight excluding hydrogens is 472 g/mol. The van der Waals surface area contributed by atoms with Gasteiger partial charge in [-0.3, -0.25) is 0 Å². The second-order valence-corrected chi connectivity index (χ2v) is 5.34. The summed E-state index contributed by atoms with van der Waals surface area (Å²) in [6, 6.07) is 6.07. The average Bonchev–Trinajstić information content (AvgIpc) is 2.20. The Kier molecular flexibility index (Phi) is 27.4. The van der Waals surface area contributed by atoms with Gasteiger partial charge in [0.05, 0.1) is 0 Å². The summed E-state index contributed by atoms with van der Waals surface area (Å²) in [5.74, 6) is -0.0995. The summed E-state index contributed by atoms with van der Waals surface area (Å²) in [5.41, 5.74) is 0.127. The maximum Gasteiger partial charge on any atom is -0.693 e. The standard InChI is InChI=1S/C7H8O3.2ClH.HNO2.2H2N.Pt/c8-6-4-2-1-3-5(6)7(9)10;;;2-1-3;;;/h1-4,7-10H;2*1H;(H,2,3);2*1H2;/q;;;;2*-1;+4/p-3. The minimum absolute atomic E-state index is 0. The first-order valence-corrected chi connectivity index (χ1v) is 9.09. The fourth-order valence-corrected chi connectivity index (χ4v) is 0.706. The molecule has 0 aromatic heterocycles. The van der Waals surface area contributed by atoms with Crippen LogP contribution in [0.2, 0.25) is 0 Å². The molecule has 11 heteroatoms. The molecule has 0 bridgehead atoms. The van der Waals surface area contributed by atoms with Gasteiger partial charge in [-0.1, -0.05) is 18.2 Å². The molecule has 0 radical (unpaired) electrons. The fraction of sp³-hybridized carbons (Fsp3) is 0.143. The zero-order valence-electron chi connectivity index (χ0n) is 8.72. The molecule has 0 saturated heterocycles. The molecule has 0 atom stereocenters. The van der Waals surface area contributed by atoms with Crippen molar-refractivity contribution in [3.8, 4) is 5.75 Å². The van der Waals surface area contributed by atoms with Gasteiger partial charge in [0.2, 0.25) is 0 Å². The van der Waals surface area contributed by atoms with E-state index in [0.29, 0.717) is 0 Å². The Bertz CT molecular complexity index is 296. The number of phenols is 1. The van der Waals surface area contributed by atoms with E-state index >= 15 is 0 Å². The normalized spacial score (nSPS) is 7.61. The summed E-state index contributed by atoms with van der Waals surface area (Å²) in [6.07, 6.45) is -1.60. The molecule has 0 amide bonds. The van der Waals surface area contributed by atoms with Crippen molar-refractivity contribution < 1.29 is 31.8 Å². The number of para-hydroxylation sites is 1. The van der Waals surface area contributed by atoms with Gasteiger partial charge < -0.3 is 37.7 Å². The van der Waals surface area contributed by atoms with Crippen LogP contribution in [0.4, 0.5) is 0 Å². The van der Waals surface area contributed by atoms with Gasteiger partial charge in [0.15, 0.2) is 6.29 Å². The summed E-state index contributed by atoms with van der Waals surface area (Å²) in [5, 5.41) is 35.2. The smallest absolute Gasteiger partial charge is 0.693 e. The van der Waals surface area contributed by atoms with Crippen LogP contribution in [0.5, 0.6) is 5.75 Å². The fourth-order valence-electron chi connectivity index (χ4n) is 0.706. The van der Waals surface area contributed by atoms with Gasteiger partial charge >= 0.3 is 35.3 Å².